The van der Waals surface area contributed by atoms with Crippen molar-refractivity contribution in [2.45, 2.75) is 13.0 Å². The Labute approximate surface area is 121 Å². The van der Waals surface area contributed by atoms with Gasteiger partial charge in [0, 0.05) is 17.1 Å². The van der Waals surface area contributed by atoms with Crippen LogP contribution in [0.25, 0.3) is 0 Å². The van der Waals surface area contributed by atoms with Crippen molar-refractivity contribution in [3.63, 3.8) is 0 Å². The van der Waals surface area contributed by atoms with Crippen LogP contribution in [-0.4, -0.2) is 10.2 Å². The summed E-state index contributed by atoms with van der Waals surface area (Å²) in [7, 11) is 0. The lowest BCUT2D eigenvalue weighted by atomic mass is 10.1. The maximum Gasteiger partial charge on any atom is 0.119 e. The molecule has 0 radical (unpaired) electrons. The molecule has 0 bridgehead atoms. The van der Waals surface area contributed by atoms with E-state index in [1.54, 1.807) is 30.3 Å². The quantitative estimate of drug-likeness (QED) is 0.777. The van der Waals surface area contributed by atoms with E-state index in [0.29, 0.717) is 15.7 Å². The van der Waals surface area contributed by atoms with E-state index in [4.69, 9.17) is 23.2 Å². The van der Waals surface area contributed by atoms with E-state index in [1.165, 1.54) is 6.07 Å². The van der Waals surface area contributed by atoms with Crippen molar-refractivity contribution < 1.29 is 10.2 Å². The molecule has 0 saturated heterocycles. The van der Waals surface area contributed by atoms with E-state index < -0.39 is 0 Å². The van der Waals surface area contributed by atoms with Gasteiger partial charge in [-0.05, 0) is 42.8 Å². The first kappa shape index (κ1) is 13.8. The SMILES string of the molecule is CC(Nc1cc(Cl)ccc1Cl)c1cc(O)cc(O)c1. The summed E-state index contributed by atoms with van der Waals surface area (Å²) in [4.78, 5) is 0. The van der Waals surface area contributed by atoms with E-state index in [9.17, 15) is 10.2 Å². The third-order valence-corrected chi connectivity index (χ3v) is 3.29. The smallest absolute Gasteiger partial charge is 0.119 e. The highest BCUT2D eigenvalue weighted by Crippen LogP contribution is 2.31. The van der Waals surface area contributed by atoms with Gasteiger partial charge in [-0.3, -0.25) is 0 Å². The van der Waals surface area contributed by atoms with Crippen LogP contribution in [0.3, 0.4) is 0 Å². The van der Waals surface area contributed by atoms with E-state index in [1.807, 2.05) is 6.92 Å². The second-order valence-electron chi connectivity index (χ2n) is 4.27. The lowest BCUT2D eigenvalue weighted by Crippen LogP contribution is -2.06. The van der Waals surface area contributed by atoms with Gasteiger partial charge in [0.2, 0.25) is 0 Å². The summed E-state index contributed by atoms with van der Waals surface area (Å²) in [6.45, 7) is 1.89. The Bertz CT molecular complexity index is 582. The third-order valence-electron chi connectivity index (χ3n) is 2.73. The van der Waals surface area contributed by atoms with Crippen molar-refractivity contribution in [2.75, 3.05) is 5.32 Å². The summed E-state index contributed by atoms with van der Waals surface area (Å²) in [5.41, 5.74) is 1.44. The van der Waals surface area contributed by atoms with Crippen molar-refractivity contribution >= 4 is 28.9 Å². The molecule has 0 amide bonds. The zero-order valence-electron chi connectivity index (χ0n) is 10.2. The van der Waals surface area contributed by atoms with Gasteiger partial charge in [-0.15, -0.1) is 0 Å². The minimum absolute atomic E-state index is 0.0147. The van der Waals surface area contributed by atoms with Gasteiger partial charge >= 0.3 is 0 Å². The molecule has 100 valence electrons. The summed E-state index contributed by atoms with van der Waals surface area (Å²) >= 11 is 12.0. The fourth-order valence-corrected chi connectivity index (χ4v) is 2.14. The van der Waals surface area contributed by atoms with Gasteiger partial charge in [0.05, 0.1) is 10.7 Å². The predicted octanol–water partition coefficient (Wildman–Crippen LogP) is 4.58. The first-order valence-corrected chi connectivity index (χ1v) is 6.46. The fraction of sp³-hybridized carbons (Fsp3) is 0.143. The number of benzene rings is 2. The van der Waals surface area contributed by atoms with E-state index in [2.05, 4.69) is 5.32 Å². The Balaban J connectivity index is 2.25. The van der Waals surface area contributed by atoms with Gasteiger partial charge in [-0.1, -0.05) is 23.2 Å². The number of halogens is 2. The molecular weight excluding hydrogens is 285 g/mol. The third kappa shape index (κ3) is 3.46. The number of hydrogen-bond donors (Lipinski definition) is 3. The summed E-state index contributed by atoms with van der Waals surface area (Å²) in [5.74, 6) is 0.0293. The molecule has 19 heavy (non-hydrogen) atoms. The topological polar surface area (TPSA) is 52.5 Å². The number of nitrogens with one attached hydrogen (secondary N) is 1. The highest BCUT2D eigenvalue weighted by atomic mass is 35.5. The molecule has 0 aliphatic rings. The van der Waals surface area contributed by atoms with Gasteiger partial charge in [-0.25, -0.2) is 0 Å². The molecule has 0 spiro atoms. The first-order chi connectivity index (χ1) is 8.95. The Morgan fingerprint density at radius 3 is 2.26 bits per heavy atom. The lowest BCUT2D eigenvalue weighted by Gasteiger charge is -2.17. The number of hydrogen-bond acceptors (Lipinski definition) is 3. The molecular formula is C14H13Cl2NO2. The van der Waals surface area contributed by atoms with Gasteiger partial charge in [-0.2, -0.15) is 0 Å². The number of rotatable bonds is 3. The summed E-state index contributed by atoms with van der Waals surface area (Å²) < 4.78 is 0. The minimum Gasteiger partial charge on any atom is -0.508 e. The molecule has 3 nitrogen and oxygen atoms in total. The summed E-state index contributed by atoms with van der Waals surface area (Å²) in [6, 6.07) is 9.43. The number of aromatic hydroxyl groups is 2. The monoisotopic (exact) mass is 297 g/mol. The van der Waals surface area contributed by atoms with Crippen LogP contribution in [-0.2, 0) is 0 Å². The molecule has 5 heteroatoms. The molecule has 0 aliphatic heterocycles. The van der Waals surface area contributed by atoms with Crippen molar-refractivity contribution in [3.05, 3.63) is 52.0 Å². The van der Waals surface area contributed by atoms with Gasteiger partial charge in [0.1, 0.15) is 11.5 Å². The summed E-state index contributed by atoms with van der Waals surface area (Å²) in [6.07, 6.45) is 0. The fourth-order valence-electron chi connectivity index (χ4n) is 1.79. The normalized spacial score (nSPS) is 12.2. The molecule has 2 rings (SSSR count). The summed E-state index contributed by atoms with van der Waals surface area (Å²) in [5, 5.41) is 23.3. The van der Waals surface area contributed by atoms with E-state index >= 15 is 0 Å². The minimum atomic E-state index is -0.144. The highest BCUT2D eigenvalue weighted by molar-refractivity contribution is 6.35. The van der Waals surface area contributed by atoms with Crippen LogP contribution in [0.2, 0.25) is 10.0 Å². The van der Waals surface area contributed by atoms with Crippen molar-refractivity contribution in [3.8, 4) is 11.5 Å². The van der Waals surface area contributed by atoms with Crippen LogP contribution in [0.5, 0.6) is 11.5 Å². The average Bonchev–Trinajstić information content (AvgIpc) is 2.32. The molecule has 0 aromatic heterocycles. The van der Waals surface area contributed by atoms with Gasteiger partial charge in [0.15, 0.2) is 0 Å². The Kier molecular flexibility index (Phi) is 4.08. The molecule has 0 aliphatic carbocycles. The van der Waals surface area contributed by atoms with E-state index in [0.717, 1.165) is 5.56 Å². The maximum atomic E-state index is 9.47. The zero-order valence-corrected chi connectivity index (χ0v) is 11.7. The van der Waals surface area contributed by atoms with Gasteiger partial charge in [0.25, 0.3) is 0 Å². The molecule has 1 unspecified atom stereocenters. The van der Waals surface area contributed by atoms with Crippen LogP contribution in [0.4, 0.5) is 5.69 Å². The standard InChI is InChI=1S/C14H13Cl2NO2/c1-8(9-4-11(18)7-12(19)5-9)17-14-6-10(15)2-3-13(14)16/h2-8,17-19H,1H3. The largest absolute Gasteiger partial charge is 0.508 e. The number of phenolic OH excluding ortho intramolecular Hbond substituents is 2. The van der Waals surface area contributed by atoms with Crippen molar-refractivity contribution in [2.24, 2.45) is 0 Å². The molecule has 2 aromatic rings. The molecule has 1 atom stereocenters. The van der Waals surface area contributed by atoms with Crippen LogP contribution < -0.4 is 5.32 Å². The highest BCUT2D eigenvalue weighted by Gasteiger charge is 2.10. The molecule has 0 heterocycles. The lowest BCUT2D eigenvalue weighted by molar-refractivity contribution is 0.448. The van der Waals surface area contributed by atoms with E-state index in [-0.39, 0.29) is 17.5 Å². The van der Waals surface area contributed by atoms with Crippen LogP contribution in [0.1, 0.15) is 18.5 Å². The predicted molar refractivity (Wildman–Crippen MR) is 78.3 cm³/mol. The number of phenols is 2. The molecule has 0 fully saturated rings. The van der Waals surface area contributed by atoms with Crippen LogP contribution >= 0.6 is 23.2 Å². The first-order valence-electron chi connectivity index (χ1n) is 5.70. The van der Waals surface area contributed by atoms with Crippen LogP contribution in [0, 0.1) is 0 Å². The zero-order chi connectivity index (χ0) is 14.0. The van der Waals surface area contributed by atoms with Crippen molar-refractivity contribution in [1.82, 2.24) is 0 Å². The second-order valence-corrected chi connectivity index (χ2v) is 5.12. The Morgan fingerprint density at radius 1 is 1.00 bits per heavy atom. The second kappa shape index (κ2) is 5.59. The van der Waals surface area contributed by atoms with Crippen LogP contribution in [0.15, 0.2) is 36.4 Å². The molecule has 0 saturated carbocycles. The van der Waals surface area contributed by atoms with Gasteiger partial charge < -0.3 is 15.5 Å². The molecule has 2 aromatic carbocycles. The average molecular weight is 298 g/mol. The Hall–Kier alpha value is -1.58. The molecule has 3 N–H and O–H groups in total. The maximum absolute atomic E-state index is 9.47. The Morgan fingerprint density at radius 2 is 1.63 bits per heavy atom. The van der Waals surface area contributed by atoms with Crippen molar-refractivity contribution in [1.29, 1.82) is 0 Å². The number of anilines is 1.